The predicted octanol–water partition coefficient (Wildman–Crippen LogP) is 7.82. The van der Waals surface area contributed by atoms with Gasteiger partial charge >= 0.3 is 0 Å². The Hall–Kier alpha value is 0.710. The summed E-state index contributed by atoms with van der Waals surface area (Å²) in [6, 6.07) is 0. The molecule has 0 bridgehead atoms. The molecule has 0 aliphatic heterocycles. The number of alkyl halides is 1. The first-order valence-electron chi connectivity index (χ1n) is 10.5. The third kappa shape index (κ3) is 20.9. The highest BCUT2D eigenvalue weighted by molar-refractivity contribution is 9.09. The summed E-state index contributed by atoms with van der Waals surface area (Å²) in [5.74, 6) is 0. The van der Waals surface area contributed by atoms with Crippen LogP contribution in [0.4, 0.5) is 0 Å². The van der Waals surface area contributed by atoms with Crippen molar-refractivity contribution in [3.05, 3.63) is 0 Å². The average molecular weight is 442 g/mol. The Balaban J connectivity index is 3.42. The molecule has 0 aromatic heterocycles. The molecule has 0 amide bonds. The monoisotopic (exact) mass is 440 g/mol. The van der Waals surface area contributed by atoms with Crippen LogP contribution >= 0.6 is 28.3 Å². The fourth-order valence-electron chi connectivity index (χ4n) is 2.68. The Morgan fingerprint density at radius 3 is 2.00 bits per heavy atom. The average Bonchev–Trinajstić information content (AvgIpc) is 2.62. The van der Waals surface area contributed by atoms with Gasteiger partial charge in [0.25, 0.3) is 0 Å². The van der Waals surface area contributed by atoms with E-state index in [1.807, 2.05) is 6.92 Å². The lowest BCUT2D eigenvalue weighted by Gasteiger charge is -2.16. The summed E-state index contributed by atoms with van der Waals surface area (Å²) in [5, 5.41) is 1.10. The first kappa shape index (κ1) is 25.7. The van der Waals surface area contributed by atoms with Gasteiger partial charge < -0.3 is 4.74 Å². The van der Waals surface area contributed by atoms with E-state index in [9.17, 15) is 0 Å². The highest BCUT2D eigenvalue weighted by atomic mass is 79.9. The SMILES string of the molecule is CCCCCCCCCCCC(OCC)OSOCCCCCCBr. The molecule has 0 spiro atoms. The molecule has 0 aliphatic carbocycles. The van der Waals surface area contributed by atoms with Gasteiger partial charge in [-0.1, -0.05) is 87.1 Å². The molecule has 5 heteroatoms. The summed E-state index contributed by atoms with van der Waals surface area (Å²) in [7, 11) is 0. The molecule has 0 radical (unpaired) electrons. The van der Waals surface area contributed by atoms with Crippen LogP contribution in [0, 0.1) is 0 Å². The first-order chi connectivity index (χ1) is 12.3. The molecule has 0 fully saturated rings. The van der Waals surface area contributed by atoms with Gasteiger partial charge in [0.15, 0.2) is 18.6 Å². The molecule has 0 aliphatic rings. The minimum absolute atomic E-state index is 0.132. The third-order valence-electron chi connectivity index (χ3n) is 4.20. The van der Waals surface area contributed by atoms with E-state index in [1.54, 1.807) is 0 Å². The molecule has 0 aromatic carbocycles. The Kier molecular flexibility index (Phi) is 23.4. The molecule has 0 N–H and O–H groups in total. The van der Waals surface area contributed by atoms with Gasteiger partial charge in [-0.15, -0.1) is 0 Å². The normalized spacial score (nSPS) is 12.6. The molecule has 0 rings (SSSR count). The molecule has 3 nitrogen and oxygen atoms in total. The molecule has 1 atom stereocenters. The number of hydrogen-bond acceptors (Lipinski definition) is 4. The van der Waals surface area contributed by atoms with Crippen molar-refractivity contribution in [1.29, 1.82) is 0 Å². The van der Waals surface area contributed by atoms with Gasteiger partial charge in [0.1, 0.15) is 0 Å². The van der Waals surface area contributed by atoms with Gasteiger partial charge in [-0.05, 0) is 32.6 Å². The molecule has 152 valence electrons. The lowest BCUT2D eigenvalue weighted by Crippen LogP contribution is -2.14. The molecule has 0 saturated carbocycles. The van der Waals surface area contributed by atoms with E-state index in [0.29, 0.717) is 6.61 Å². The maximum absolute atomic E-state index is 5.65. The number of ether oxygens (including phenoxy) is 1. The summed E-state index contributed by atoms with van der Waals surface area (Å²) in [6.07, 6.45) is 17.8. The summed E-state index contributed by atoms with van der Waals surface area (Å²) < 4.78 is 16.8. The Labute approximate surface area is 169 Å². The summed E-state index contributed by atoms with van der Waals surface area (Å²) in [4.78, 5) is 0. The highest BCUT2D eigenvalue weighted by Crippen LogP contribution is 2.18. The van der Waals surface area contributed by atoms with Crippen LogP contribution in [0.25, 0.3) is 0 Å². The van der Waals surface area contributed by atoms with E-state index in [4.69, 9.17) is 13.1 Å². The van der Waals surface area contributed by atoms with E-state index in [-0.39, 0.29) is 6.29 Å². The number of unbranched alkanes of at least 4 members (excludes halogenated alkanes) is 11. The maximum Gasteiger partial charge on any atom is 0.172 e. The van der Waals surface area contributed by atoms with E-state index in [1.165, 1.54) is 77.0 Å². The van der Waals surface area contributed by atoms with Gasteiger partial charge in [-0.3, -0.25) is 8.37 Å². The van der Waals surface area contributed by atoms with Gasteiger partial charge in [0, 0.05) is 11.9 Å². The van der Waals surface area contributed by atoms with Crippen molar-refractivity contribution in [3.8, 4) is 0 Å². The molecule has 0 aromatic rings. The molecule has 25 heavy (non-hydrogen) atoms. The number of hydrogen-bond donors (Lipinski definition) is 0. The van der Waals surface area contributed by atoms with Crippen molar-refractivity contribution < 1.29 is 13.1 Å². The molecule has 0 saturated heterocycles. The zero-order chi connectivity index (χ0) is 18.4. The van der Waals surface area contributed by atoms with E-state index in [2.05, 4.69) is 22.9 Å². The Morgan fingerprint density at radius 1 is 0.760 bits per heavy atom. The topological polar surface area (TPSA) is 27.7 Å². The smallest absolute Gasteiger partial charge is 0.172 e. The second-order valence-electron chi connectivity index (χ2n) is 6.59. The highest BCUT2D eigenvalue weighted by Gasteiger charge is 2.09. The van der Waals surface area contributed by atoms with Gasteiger partial charge in [0.05, 0.1) is 6.61 Å². The molecule has 1 unspecified atom stereocenters. The van der Waals surface area contributed by atoms with Crippen LogP contribution < -0.4 is 0 Å². The lowest BCUT2D eigenvalue weighted by molar-refractivity contribution is -0.0741. The second kappa shape index (κ2) is 22.8. The van der Waals surface area contributed by atoms with Crippen molar-refractivity contribution in [1.82, 2.24) is 0 Å². The molecule has 0 heterocycles. The number of halogens is 1. The minimum Gasteiger partial charge on any atom is -0.352 e. The van der Waals surface area contributed by atoms with Crippen LogP contribution in [0.15, 0.2) is 0 Å². The van der Waals surface area contributed by atoms with Gasteiger partial charge in [0.2, 0.25) is 0 Å². The largest absolute Gasteiger partial charge is 0.352 e. The molecular weight excluding hydrogens is 400 g/mol. The Bertz CT molecular complexity index is 245. The van der Waals surface area contributed by atoms with Gasteiger partial charge in [-0.2, -0.15) is 0 Å². The predicted molar refractivity (Wildman–Crippen MR) is 114 cm³/mol. The number of rotatable bonds is 21. The first-order valence-corrected chi connectivity index (χ1v) is 12.3. The molecular formula is C20H41BrO3S. The van der Waals surface area contributed by atoms with E-state index >= 15 is 0 Å². The minimum atomic E-state index is -0.132. The van der Waals surface area contributed by atoms with Crippen LogP contribution in [-0.2, 0) is 13.1 Å². The van der Waals surface area contributed by atoms with Crippen LogP contribution in [0.1, 0.15) is 104 Å². The fourth-order valence-corrected chi connectivity index (χ4v) is 3.56. The third-order valence-corrected chi connectivity index (χ3v) is 5.32. The maximum atomic E-state index is 5.65. The zero-order valence-corrected chi connectivity index (χ0v) is 19.0. The van der Waals surface area contributed by atoms with E-state index in [0.717, 1.165) is 37.1 Å². The van der Waals surface area contributed by atoms with Crippen LogP contribution in [0.5, 0.6) is 0 Å². The van der Waals surface area contributed by atoms with Crippen molar-refractivity contribution in [2.75, 3.05) is 18.5 Å². The van der Waals surface area contributed by atoms with Crippen molar-refractivity contribution in [2.45, 2.75) is 110 Å². The lowest BCUT2D eigenvalue weighted by atomic mass is 10.1. The van der Waals surface area contributed by atoms with Crippen LogP contribution in [0.3, 0.4) is 0 Å². The Morgan fingerprint density at radius 2 is 1.36 bits per heavy atom. The summed E-state index contributed by atoms with van der Waals surface area (Å²) in [5.41, 5.74) is 0. The van der Waals surface area contributed by atoms with E-state index < -0.39 is 0 Å². The van der Waals surface area contributed by atoms with Gasteiger partial charge in [-0.25, -0.2) is 0 Å². The standard InChI is InChI=1S/C20H41BrO3S/c1-3-5-6-7-8-9-10-11-14-17-20(22-4-2)24-25-23-19-16-13-12-15-18-21/h20H,3-19H2,1-2H3. The summed E-state index contributed by atoms with van der Waals surface area (Å²) >= 11 is 4.56. The van der Waals surface area contributed by atoms with Crippen molar-refractivity contribution >= 4 is 28.3 Å². The summed E-state index contributed by atoms with van der Waals surface area (Å²) in [6.45, 7) is 5.73. The fraction of sp³-hybridized carbons (Fsp3) is 1.00. The second-order valence-corrected chi connectivity index (χ2v) is 7.95. The quantitative estimate of drug-likeness (QED) is 0.0785. The van der Waals surface area contributed by atoms with Crippen molar-refractivity contribution in [3.63, 3.8) is 0 Å². The van der Waals surface area contributed by atoms with Crippen molar-refractivity contribution in [2.24, 2.45) is 0 Å². The zero-order valence-electron chi connectivity index (χ0n) is 16.6. The van der Waals surface area contributed by atoms with Crippen LogP contribution in [-0.4, -0.2) is 24.8 Å². The van der Waals surface area contributed by atoms with Crippen LogP contribution in [0.2, 0.25) is 0 Å².